The molecule has 2 unspecified atom stereocenters. The fourth-order valence-electron chi connectivity index (χ4n) is 5.95. The molecule has 23 heavy (non-hydrogen) atoms. The topological polar surface area (TPSA) is 40.4 Å². The molecular formula is C18H26ClNO2S. The van der Waals surface area contributed by atoms with Gasteiger partial charge >= 0.3 is 5.97 Å². The normalized spacial score (nSPS) is 37.5. The van der Waals surface area contributed by atoms with E-state index in [1.165, 1.54) is 29.8 Å². The SMILES string of the molecule is Cc1[nH+]csc1CCOC(=O)C12CC3CC(CC(C)(C3)C1)C2.[Cl-]. The highest BCUT2D eigenvalue weighted by Crippen LogP contribution is 2.65. The number of hydrogen-bond donors (Lipinski definition) is 0. The molecule has 0 radical (unpaired) electrons. The molecule has 0 spiro atoms. The van der Waals surface area contributed by atoms with E-state index in [0.29, 0.717) is 12.0 Å². The first-order chi connectivity index (χ1) is 10.5. The van der Waals surface area contributed by atoms with E-state index in [2.05, 4.69) is 18.8 Å². The lowest BCUT2D eigenvalue weighted by molar-refractivity contribution is -0.380. The molecule has 1 heterocycles. The van der Waals surface area contributed by atoms with Crippen LogP contribution in [0.4, 0.5) is 0 Å². The van der Waals surface area contributed by atoms with E-state index < -0.39 is 0 Å². The second-order valence-electron chi connectivity index (χ2n) is 8.37. The summed E-state index contributed by atoms with van der Waals surface area (Å²) in [6.45, 7) is 5.01. The first-order valence-corrected chi connectivity index (χ1v) is 9.48. The maximum absolute atomic E-state index is 12.8. The van der Waals surface area contributed by atoms with Crippen LogP contribution in [0, 0.1) is 29.6 Å². The molecule has 5 heteroatoms. The van der Waals surface area contributed by atoms with E-state index in [9.17, 15) is 4.79 Å². The van der Waals surface area contributed by atoms with E-state index in [1.807, 2.05) is 5.51 Å². The van der Waals surface area contributed by atoms with Gasteiger partial charge in [-0.3, -0.25) is 4.79 Å². The number of thiazole rings is 1. The zero-order chi connectivity index (χ0) is 15.4. The Morgan fingerprint density at radius 1 is 1.35 bits per heavy atom. The largest absolute Gasteiger partial charge is 1.00 e. The number of ether oxygens (including phenoxy) is 1. The van der Waals surface area contributed by atoms with Crippen LogP contribution in [0.2, 0.25) is 0 Å². The van der Waals surface area contributed by atoms with Gasteiger partial charge in [-0.2, -0.15) is 0 Å². The highest BCUT2D eigenvalue weighted by molar-refractivity contribution is 7.09. The first-order valence-electron chi connectivity index (χ1n) is 8.60. The van der Waals surface area contributed by atoms with Crippen molar-refractivity contribution in [2.24, 2.45) is 22.7 Å². The molecule has 4 fully saturated rings. The van der Waals surface area contributed by atoms with E-state index in [-0.39, 0.29) is 23.8 Å². The maximum Gasteiger partial charge on any atom is 0.312 e. The summed E-state index contributed by atoms with van der Waals surface area (Å²) in [5, 5.41) is 0. The van der Waals surface area contributed by atoms with Crippen molar-refractivity contribution in [3.05, 3.63) is 16.1 Å². The van der Waals surface area contributed by atoms with Crippen molar-refractivity contribution in [1.29, 1.82) is 0 Å². The fourth-order valence-corrected chi connectivity index (χ4v) is 6.77. The Morgan fingerprint density at radius 3 is 2.61 bits per heavy atom. The summed E-state index contributed by atoms with van der Waals surface area (Å²) in [5.74, 6) is 1.65. The minimum Gasteiger partial charge on any atom is -1.00 e. The first kappa shape index (κ1) is 17.2. The van der Waals surface area contributed by atoms with Crippen molar-refractivity contribution in [3.63, 3.8) is 0 Å². The van der Waals surface area contributed by atoms with Crippen LogP contribution in [0.1, 0.15) is 56.0 Å². The van der Waals surface area contributed by atoms with Gasteiger partial charge in [0.1, 0.15) is 0 Å². The molecule has 1 N–H and O–H groups in total. The average Bonchev–Trinajstić information content (AvgIpc) is 2.81. The lowest BCUT2D eigenvalue weighted by Crippen LogP contribution is -3.00. The number of hydrogen-bond acceptors (Lipinski definition) is 3. The Labute approximate surface area is 148 Å². The molecule has 1 aromatic rings. The van der Waals surface area contributed by atoms with E-state index in [4.69, 9.17) is 4.74 Å². The molecule has 128 valence electrons. The highest BCUT2D eigenvalue weighted by atomic mass is 35.5. The Bertz CT molecular complexity index is 586. The van der Waals surface area contributed by atoms with Gasteiger partial charge in [-0.25, -0.2) is 4.98 Å². The second kappa shape index (κ2) is 6.03. The van der Waals surface area contributed by atoms with Crippen LogP contribution in [0.3, 0.4) is 0 Å². The van der Waals surface area contributed by atoms with Crippen LogP contribution < -0.4 is 17.4 Å². The van der Waals surface area contributed by atoms with Crippen molar-refractivity contribution in [2.45, 2.75) is 58.8 Å². The number of carbonyl (C=O) groups is 1. The van der Waals surface area contributed by atoms with Gasteiger partial charge in [-0.1, -0.05) is 18.3 Å². The van der Waals surface area contributed by atoms with Gasteiger partial charge in [0, 0.05) is 13.3 Å². The van der Waals surface area contributed by atoms with Crippen molar-refractivity contribution < 1.29 is 26.9 Å². The number of H-pyrrole nitrogens is 1. The van der Waals surface area contributed by atoms with Crippen LogP contribution in [0.5, 0.6) is 0 Å². The van der Waals surface area contributed by atoms with E-state index >= 15 is 0 Å². The summed E-state index contributed by atoms with van der Waals surface area (Å²) in [4.78, 5) is 17.3. The molecule has 5 rings (SSSR count). The van der Waals surface area contributed by atoms with Gasteiger partial charge in [0.15, 0.2) is 5.69 Å². The standard InChI is InChI=1S/C18H25NO2S.ClH/c1-12-15(22-11-19-12)3-4-21-16(20)18-8-13-5-14(9-18)7-17(2,6-13)10-18;/h11,13-14H,3-10H2,1-2H3;1H. The van der Waals surface area contributed by atoms with Crippen molar-refractivity contribution in [3.8, 4) is 0 Å². The van der Waals surface area contributed by atoms with E-state index in [1.54, 1.807) is 11.3 Å². The Kier molecular flexibility index (Phi) is 4.52. The fraction of sp³-hybridized carbons (Fsp3) is 0.778. The van der Waals surface area contributed by atoms with Gasteiger partial charge in [-0.15, -0.1) is 0 Å². The summed E-state index contributed by atoms with van der Waals surface area (Å²) in [7, 11) is 0. The summed E-state index contributed by atoms with van der Waals surface area (Å²) in [5.41, 5.74) is 3.45. The lowest BCUT2D eigenvalue weighted by Gasteiger charge is -2.59. The van der Waals surface area contributed by atoms with Gasteiger partial charge in [0.05, 0.1) is 16.9 Å². The quantitative estimate of drug-likeness (QED) is 0.741. The van der Waals surface area contributed by atoms with E-state index in [0.717, 1.165) is 37.5 Å². The molecule has 4 aliphatic rings. The summed E-state index contributed by atoms with van der Waals surface area (Å²) in [6.07, 6.45) is 8.11. The molecule has 4 bridgehead atoms. The second-order valence-corrected chi connectivity index (χ2v) is 9.33. The van der Waals surface area contributed by atoms with Gasteiger partial charge in [0.25, 0.3) is 0 Å². The van der Waals surface area contributed by atoms with Crippen LogP contribution in [-0.2, 0) is 16.0 Å². The molecule has 1 aromatic heterocycles. The zero-order valence-electron chi connectivity index (χ0n) is 14.0. The van der Waals surface area contributed by atoms with Crippen molar-refractivity contribution in [1.82, 2.24) is 0 Å². The smallest absolute Gasteiger partial charge is 0.312 e. The van der Waals surface area contributed by atoms with Crippen molar-refractivity contribution in [2.75, 3.05) is 6.61 Å². The molecule has 0 aliphatic heterocycles. The molecule has 0 amide bonds. The molecule has 4 saturated carbocycles. The zero-order valence-corrected chi connectivity index (χ0v) is 15.6. The average molecular weight is 356 g/mol. The number of esters is 1. The van der Waals surface area contributed by atoms with Gasteiger partial charge in [-0.05, 0) is 55.8 Å². The minimum absolute atomic E-state index is 0. The van der Waals surface area contributed by atoms with Crippen LogP contribution in [-0.4, -0.2) is 12.6 Å². The minimum atomic E-state index is -0.143. The van der Waals surface area contributed by atoms with Crippen LogP contribution in [0.15, 0.2) is 5.51 Å². The number of aromatic amines is 1. The molecule has 0 saturated heterocycles. The monoisotopic (exact) mass is 355 g/mol. The highest BCUT2D eigenvalue weighted by Gasteiger charge is 2.59. The van der Waals surface area contributed by atoms with Crippen LogP contribution in [0.25, 0.3) is 0 Å². The Balaban J connectivity index is 0.00000156. The number of halogens is 1. The number of rotatable bonds is 4. The Morgan fingerprint density at radius 2 is 2.04 bits per heavy atom. The van der Waals surface area contributed by atoms with Gasteiger partial charge < -0.3 is 17.1 Å². The third kappa shape index (κ3) is 3.05. The third-order valence-electron chi connectivity index (χ3n) is 6.24. The summed E-state index contributed by atoms with van der Waals surface area (Å²) < 4.78 is 5.75. The predicted octanol–water partition coefficient (Wildman–Crippen LogP) is 0.567. The van der Waals surface area contributed by atoms with Crippen molar-refractivity contribution >= 4 is 17.3 Å². The number of carbonyl (C=O) groups excluding carboxylic acids is 1. The van der Waals surface area contributed by atoms with Gasteiger partial charge in [0.2, 0.25) is 5.51 Å². The number of nitrogens with one attached hydrogen (secondary N) is 1. The number of aryl methyl sites for hydroxylation is 1. The summed E-state index contributed by atoms with van der Waals surface area (Å²) in [6, 6.07) is 0. The molecule has 4 aliphatic carbocycles. The molecule has 3 nitrogen and oxygen atoms in total. The predicted molar refractivity (Wildman–Crippen MR) is 85.5 cm³/mol. The molecular weight excluding hydrogens is 330 g/mol. The third-order valence-corrected chi connectivity index (χ3v) is 7.27. The number of aromatic nitrogens is 1. The molecule has 2 atom stereocenters. The maximum atomic E-state index is 12.8. The molecule has 0 aromatic carbocycles. The lowest BCUT2D eigenvalue weighted by atomic mass is 9.44. The van der Waals surface area contributed by atoms with Crippen LogP contribution >= 0.6 is 11.3 Å². The summed E-state index contributed by atoms with van der Waals surface area (Å²) >= 11 is 1.71. The Hall–Kier alpha value is -0.610.